The highest BCUT2D eigenvalue weighted by molar-refractivity contribution is 5.89. The van der Waals surface area contributed by atoms with E-state index < -0.39 is 23.6 Å². The van der Waals surface area contributed by atoms with Gasteiger partial charge in [0.15, 0.2) is 0 Å². The number of aliphatic hydroxyl groups is 1. The van der Waals surface area contributed by atoms with Crippen molar-refractivity contribution in [2.24, 2.45) is 11.1 Å². The van der Waals surface area contributed by atoms with Crippen LogP contribution in [0.15, 0.2) is 97.2 Å². The summed E-state index contributed by atoms with van der Waals surface area (Å²) in [4.78, 5) is 40.3. The average Bonchev–Trinajstić information content (AvgIpc) is 3.39. The van der Waals surface area contributed by atoms with Crippen molar-refractivity contribution in [3.63, 3.8) is 0 Å². The third-order valence-electron chi connectivity index (χ3n) is 8.85. The summed E-state index contributed by atoms with van der Waals surface area (Å²) in [6, 6.07) is 27.7. The molecular weight excluding hydrogens is 600 g/mol. The maximum absolute atomic E-state index is 14.2. The molecule has 2 aromatic carbocycles. The number of nitrogens with two attached hydrogens (primary N) is 1. The van der Waals surface area contributed by atoms with Crippen LogP contribution in [0, 0.1) is 12.3 Å². The molecule has 1 saturated heterocycles. The molecule has 9 nitrogen and oxygen atoms in total. The van der Waals surface area contributed by atoms with Gasteiger partial charge in [0.05, 0.1) is 30.1 Å². The number of hydrogen-bond acceptors (Lipinski definition) is 6. The summed E-state index contributed by atoms with van der Waals surface area (Å²) in [6.45, 7) is 9.13. The van der Waals surface area contributed by atoms with Crippen LogP contribution in [0.3, 0.4) is 0 Å². The largest absolute Gasteiger partial charge is 0.391 e. The second-order valence-electron chi connectivity index (χ2n) is 13.9. The van der Waals surface area contributed by atoms with E-state index in [2.05, 4.69) is 15.3 Å². The van der Waals surface area contributed by atoms with E-state index in [0.29, 0.717) is 38.9 Å². The van der Waals surface area contributed by atoms with Crippen molar-refractivity contribution in [1.29, 1.82) is 0 Å². The van der Waals surface area contributed by atoms with Crippen molar-refractivity contribution in [3.05, 3.63) is 120 Å². The second-order valence-corrected chi connectivity index (χ2v) is 13.9. The molecule has 1 fully saturated rings. The Labute approximate surface area is 284 Å². The lowest BCUT2D eigenvalue weighted by Gasteiger charge is -2.38. The molecule has 1 aliphatic heterocycles. The predicted molar refractivity (Wildman–Crippen MR) is 189 cm³/mol. The number of pyridine rings is 2. The SMILES string of the molecule is Cc1cccc(CN2CCN([C@H](C(=O)N[C@@H](Cc3ccccc3)[C@@H](O)C[C@@H](N)Cc3ccc(-c4ccccn4)cc3)C(C)(C)C)C2=O)n1. The maximum atomic E-state index is 14.2. The van der Waals surface area contributed by atoms with Crippen LogP contribution in [-0.2, 0) is 24.2 Å². The van der Waals surface area contributed by atoms with Crippen molar-refractivity contribution >= 4 is 11.9 Å². The molecule has 3 amide bonds. The monoisotopic (exact) mass is 648 g/mol. The first-order chi connectivity index (χ1) is 23.0. The van der Waals surface area contributed by atoms with Crippen LogP contribution in [-0.4, -0.2) is 74.1 Å². The molecule has 9 heteroatoms. The van der Waals surface area contributed by atoms with Gasteiger partial charge in [-0.3, -0.25) is 14.8 Å². The molecule has 2 aromatic heterocycles. The number of aryl methyl sites for hydroxylation is 1. The molecule has 0 radical (unpaired) electrons. The second kappa shape index (κ2) is 15.5. The minimum Gasteiger partial charge on any atom is -0.391 e. The normalized spacial score (nSPS) is 16.0. The van der Waals surface area contributed by atoms with Crippen molar-refractivity contribution in [3.8, 4) is 11.3 Å². The van der Waals surface area contributed by atoms with Crippen molar-refractivity contribution in [2.75, 3.05) is 13.1 Å². The van der Waals surface area contributed by atoms with Crippen molar-refractivity contribution in [1.82, 2.24) is 25.1 Å². The summed E-state index contributed by atoms with van der Waals surface area (Å²) in [5.41, 5.74) is 11.7. The highest BCUT2D eigenvalue weighted by Gasteiger charge is 2.44. The quantitative estimate of drug-likeness (QED) is 0.184. The minimum atomic E-state index is -0.907. The number of aromatic nitrogens is 2. The average molecular weight is 649 g/mol. The Kier molecular flexibility index (Phi) is 11.2. The molecule has 0 spiro atoms. The van der Waals surface area contributed by atoms with E-state index in [1.807, 2.05) is 119 Å². The molecule has 3 heterocycles. The van der Waals surface area contributed by atoms with Crippen LogP contribution in [0.1, 0.15) is 49.7 Å². The van der Waals surface area contributed by atoms with Gasteiger partial charge in [-0.15, -0.1) is 0 Å². The highest BCUT2D eigenvalue weighted by Crippen LogP contribution is 2.29. The minimum absolute atomic E-state index is 0.190. The summed E-state index contributed by atoms with van der Waals surface area (Å²) in [5.74, 6) is -0.287. The van der Waals surface area contributed by atoms with Crippen LogP contribution in [0.4, 0.5) is 4.79 Å². The van der Waals surface area contributed by atoms with Crippen LogP contribution < -0.4 is 11.1 Å². The third kappa shape index (κ3) is 9.05. The number of amides is 3. The smallest absolute Gasteiger partial charge is 0.321 e. The molecule has 252 valence electrons. The number of rotatable bonds is 13. The zero-order valence-electron chi connectivity index (χ0n) is 28.4. The summed E-state index contributed by atoms with van der Waals surface area (Å²) in [5, 5.41) is 14.8. The summed E-state index contributed by atoms with van der Waals surface area (Å²) < 4.78 is 0. The van der Waals surface area contributed by atoms with E-state index in [0.717, 1.165) is 33.8 Å². The van der Waals surface area contributed by atoms with Crippen LogP contribution in [0.2, 0.25) is 0 Å². The van der Waals surface area contributed by atoms with Gasteiger partial charge in [0.2, 0.25) is 5.91 Å². The Morgan fingerprint density at radius 3 is 2.29 bits per heavy atom. The van der Waals surface area contributed by atoms with E-state index in [1.165, 1.54) is 0 Å². The Morgan fingerprint density at radius 1 is 0.917 bits per heavy atom. The molecule has 0 unspecified atom stereocenters. The first-order valence-electron chi connectivity index (χ1n) is 16.7. The summed E-state index contributed by atoms with van der Waals surface area (Å²) in [6.07, 6.45) is 2.16. The molecule has 5 rings (SSSR count). The standard InChI is InChI=1S/C39H48N6O3/c1-27-11-10-14-32(42-27)26-44-21-22-45(38(44)48)36(39(2,3)4)37(47)43-34(24-28-12-6-5-7-13-28)35(46)25-31(40)23-29-16-18-30(19-17-29)33-15-8-9-20-41-33/h5-20,31,34-36,46H,21-26,40H2,1-4H3,(H,43,47)/t31-,34-,35-,36+/m0/s1. The van der Waals surface area contributed by atoms with Gasteiger partial charge in [-0.1, -0.05) is 87.5 Å². The fraction of sp³-hybridized carbons (Fsp3) is 0.385. The van der Waals surface area contributed by atoms with E-state index in [-0.39, 0.29) is 18.0 Å². The molecule has 4 N–H and O–H groups in total. The maximum Gasteiger partial charge on any atom is 0.321 e. The van der Waals surface area contributed by atoms with Crippen molar-refractivity contribution in [2.45, 2.75) is 77.7 Å². The highest BCUT2D eigenvalue weighted by atomic mass is 16.3. The van der Waals surface area contributed by atoms with Crippen molar-refractivity contribution < 1.29 is 14.7 Å². The number of carbonyl (C=O) groups is 2. The van der Waals surface area contributed by atoms with E-state index >= 15 is 0 Å². The Bertz CT molecular complexity index is 1640. The third-order valence-corrected chi connectivity index (χ3v) is 8.85. The fourth-order valence-corrected chi connectivity index (χ4v) is 6.49. The zero-order chi connectivity index (χ0) is 34.3. The zero-order valence-corrected chi connectivity index (χ0v) is 28.4. The van der Waals surface area contributed by atoms with E-state index in [4.69, 9.17) is 5.73 Å². The lowest BCUT2D eigenvalue weighted by Crippen LogP contribution is -2.58. The summed E-state index contributed by atoms with van der Waals surface area (Å²) >= 11 is 0. The van der Waals surface area contributed by atoms with Crippen LogP contribution >= 0.6 is 0 Å². The molecule has 0 aliphatic carbocycles. The van der Waals surface area contributed by atoms with Gasteiger partial charge in [0.1, 0.15) is 6.04 Å². The predicted octanol–water partition coefficient (Wildman–Crippen LogP) is 5.15. The molecule has 4 atom stereocenters. The first-order valence-corrected chi connectivity index (χ1v) is 16.7. The number of benzene rings is 2. The number of aliphatic hydroxyl groups excluding tert-OH is 1. The lowest BCUT2D eigenvalue weighted by atomic mass is 9.84. The van der Waals surface area contributed by atoms with E-state index in [9.17, 15) is 14.7 Å². The molecule has 1 aliphatic rings. The fourth-order valence-electron chi connectivity index (χ4n) is 6.49. The molecule has 0 bridgehead atoms. The number of carbonyl (C=O) groups excluding carboxylic acids is 2. The first kappa shape index (κ1) is 34.7. The molecule has 4 aromatic rings. The molecule has 0 saturated carbocycles. The van der Waals surface area contributed by atoms with Gasteiger partial charge in [0.25, 0.3) is 0 Å². The van der Waals surface area contributed by atoms with Crippen LogP contribution in [0.25, 0.3) is 11.3 Å². The number of hydrogen-bond donors (Lipinski definition) is 3. The van der Waals surface area contributed by atoms with Gasteiger partial charge in [-0.25, -0.2) is 4.79 Å². The van der Waals surface area contributed by atoms with Gasteiger partial charge >= 0.3 is 6.03 Å². The summed E-state index contributed by atoms with van der Waals surface area (Å²) in [7, 11) is 0. The van der Waals surface area contributed by atoms with E-state index in [1.54, 1.807) is 16.0 Å². The Balaban J connectivity index is 1.28. The number of urea groups is 1. The Hall–Kier alpha value is -4.60. The van der Waals surface area contributed by atoms with Gasteiger partial charge in [0, 0.05) is 36.6 Å². The van der Waals surface area contributed by atoms with Crippen LogP contribution in [0.5, 0.6) is 0 Å². The van der Waals surface area contributed by atoms with Gasteiger partial charge in [-0.05, 0) is 67.0 Å². The Morgan fingerprint density at radius 2 is 1.62 bits per heavy atom. The molecular formula is C39H48N6O3. The number of nitrogens with one attached hydrogen (secondary N) is 1. The van der Waals surface area contributed by atoms with Gasteiger partial charge in [-0.2, -0.15) is 0 Å². The topological polar surface area (TPSA) is 125 Å². The molecule has 48 heavy (non-hydrogen) atoms. The number of nitrogens with zero attached hydrogens (tertiary/aromatic N) is 4. The lowest BCUT2D eigenvalue weighted by molar-refractivity contribution is -0.130. The van der Waals surface area contributed by atoms with Gasteiger partial charge < -0.3 is 26.0 Å².